The van der Waals surface area contributed by atoms with Gasteiger partial charge in [-0.05, 0) is 39.0 Å². The van der Waals surface area contributed by atoms with Crippen molar-refractivity contribution >= 4 is 34.7 Å². The number of ether oxygens (including phenoxy) is 2. The summed E-state index contributed by atoms with van der Waals surface area (Å²) in [7, 11) is 20.8. The molecule has 2 heterocycles. The largest absolute Gasteiger partial charge is 0.381 e. The average molecular weight is 484 g/mol. The van der Waals surface area contributed by atoms with Crippen molar-refractivity contribution in [1.29, 1.82) is 0 Å². The Bertz CT molecular complexity index is 625. The third-order valence-electron chi connectivity index (χ3n) is 6.56. The zero-order valence-electron chi connectivity index (χ0n) is 21.0. The van der Waals surface area contributed by atoms with Crippen LogP contribution >= 0.6 is 19.0 Å². The maximum atomic E-state index is 11.1. The molecule has 0 N–H and O–H groups in total. The molecule has 0 aromatic carbocycles. The molecule has 180 valence electrons. The summed E-state index contributed by atoms with van der Waals surface area (Å²) in [6.45, 7) is 10.7. The molecule has 0 bridgehead atoms. The van der Waals surface area contributed by atoms with Crippen LogP contribution in [0.1, 0.15) is 34.6 Å². The van der Waals surface area contributed by atoms with E-state index < -0.39 is 12.0 Å². The Balaban J connectivity index is 2.15. The van der Waals surface area contributed by atoms with Crippen molar-refractivity contribution in [3.63, 3.8) is 0 Å². The topological polar surface area (TPSA) is 60.5 Å². The lowest BCUT2D eigenvalue weighted by atomic mass is 9.68. The molecule has 2 saturated heterocycles. The molecule has 0 aromatic heterocycles. The summed E-state index contributed by atoms with van der Waals surface area (Å²) in [6.07, 6.45) is -0.860. The molecule has 32 heavy (non-hydrogen) atoms. The maximum Gasteiger partial charge on any atom is 0.226 e. The van der Waals surface area contributed by atoms with E-state index in [1.165, 1.54) is 11.4 Å². The molecule has 0 saturated carbocycles. The van der Waals surface area contributed by atoms with Crippen LogP contribution in [0.5, 0.6) is 0 Å². The number of rotatable bonds is 10. The van der Waals surface area contributed by atoms with Gasteiger partial charge in [-0.15, -0.1) is 0 Å². The van der Waals surface area contributed by atoms with Gasteiger partial charge in [0.2, 0.25) is 7.66 Å². The van der Waals surface area contributed by atoms with Gasteiger partial charge in [-0.3, -0.25) is 4.57 Å². The second-order valence-corrected chi connectivity index (χ2v) is 13.1. The van der Waals surface area contributed by atoms with Gasteiger partial charge in [0.25, 0.3) is 0 Å². The van der Waals surface area contributed by atoms with Gasteiger partial charge >= 0.3 is 0 Å². The lowest BCUT2D eigenvalue weighted by Gasteiger charge is -2.38. The first-order chi connectivity index (χ1) is 14.7. The summed E-state index contributed by atoms with van der Waals surface area (Å²) in [6, 6.07) is -0.815. The number of hydrogen-bond donors (Lipinski definition) is 0. The molecule has 4 radical (unpaired) electrons. The quantitative estimate of drug-likeness (QED) is 0.203. The summed E-state index contributed by atoms with van der Waals surface area (Å²) in [5.41, 5.74) is -0.473. The first kappa shape index (κ1) is 28.6. The van der Waals surface area contributed by atoms with Gasteiger partial charge in [0.1, 0.15) is 34.5 Å². The third-order valence-corrected chi connectivity index (χ3v) is 8.24. The summed E-state index contributed by atoms with van der Waals surface area (Å²) in [5.74, 6) is 0.525. The van der Waals surface area contributed by atoms with Crippen molar-refractivity contribution in [2.45, 2.75) is 77.0 Å². The Kier molecular flexibility index (Phi) is 10.2. The van der Waals surface area contributed by atoms with Crippen molar-refractivity contribution in [1.82, 2.24) is 9.80 Å². The number of likely N-dealkylation sites (N-methyl/N-ethyl adjacent to an activating group) is 2. The highest BCUT2D eigenvalue weighted by molar-refractivity contribution is 8.45. The molecule has 4 unspecified atom stereocenters. The monoisotopic (exact) mass is 484 g/mol. The predicted octanol–water partition coefficient (Wildman–Crippen LogP) is 2.58. The molecule has 0 aromatic rings. The summed E-state index contributed by atoms with van der Waals surface area (Å²) >= 11 is 1.33. The fourth-order valence-electron chi connectivity index (χ4n) is 5.03. The lowest BCUT2D eigenvalue weighted by molar-refractivity contribution is -0.353. The Morgan fingerprint density at radius 3 is 2.06 bits per heavy atom. The standard InChI is InChI=1S/C21H39B2N2O5PS/c1-20(2,3)17-16(13(18(22)29-17)21(4,5)11-32-31-26)30-27-10-12-14(24(6)7)15(25(8)9)19(23)28-12/h12-19H,10-11H2,1-9H3/t12-,13?,14?,15?,16?,17+,18-,19-/m1/s1. The zero-order valence-corrected chi connectivity index (χ0v) is 22.7. The van der Waals surface area contributed by atoms with Crippen LogP contribution in [0.15, 0.2) is 0 Å². The smallest absolute Gasteiger partial charge is 0.226 e. The van der Waals surface area contributed by atoms with E-state index in [1.54, 1.807) is 0 Å². The van der Waals surface area contributed by atoms with E-state index in [9.17, 15) is 4.57 Å². The zero-order chi connectivity index (χ0) is 24.4. The van der Waals surface area contributed by atoms with E-state index in [0.717, 1.165) is 0 Å². The average Bonchev–Trinajstić information content (AvgIpc) is 3.17. The van der Waals surface area contributed by atoms with Crippen LogP contribution in [0.3, 0.4) is 0 Å². The molecule has 2 aliphatic rings. The van der Waals surface area contributed by atoms with Crippen LogP contribution in [0.4, 0.5) is 0 Å². The molecule has 2 rings (SSSR count). The van der Waals surface area contributed by atoms with Crippen LogP contribution in [0.25, 0.3) is 0 Å². The molecular weight excluding hydrogens is 445 g/mol. The molecule has 8 atom stereocenters. The van der Waals surface area contributed by atoms with E-state index in [2.05, 4.69) is 44.4 Å². The Morgan fingerprint density at radius 1 is 0.969 bits per heavy atom. The summed E-state index contributed by atoms with van der Waals surface area (Å²) in [5, 5.41) is 0. The van der Waals surface area contributed by atoms with Crippen LogP contribution in [-0.4, -0.2) is 108 Å². The fraction of sp³-hybridized carbons (Fsp3) is 1.00. The van der Waals surface area contributed by atoms with E-state index >= 15 is 0 Å². The van der Waals surface area contributed by atoms with E-state index in [-0.39, 0.29) is 61.4 Å². The Hall–Kier alpha value is 0.340. The molecule has 2 aliphatic heterocycles. The van der Waals surface area contributed by atoms with Crippen molar-refractivity contribution in [2.75, 3.05) is 40.6 Å². The Morgan fingerprint density at radius 2 is 1.56 bits per heavy atom. The molecule has 0 aliphatic carbocycles. The second kappa shape index (κ2) is 11.4. The van der Waals surface area contributed by atoms with Gasteiger partial charge in [-0.1, -0.05) is 46.0 Å². The van der Waals surface area contributed by atoms with Crippen LogP contribution in [0.2, 0.25) is 0 Å². The first-order valence-corrected chi connectivity index (χ1v) is 13.5. The van der Waals surface area contributed by atoms with Crippen molar-refractivity contribution in [2.24, 2.45) is 16.7 Å². The van der Waals surface area contributed by atoms with Gasteiger partial charge < -0.3 is 19.3 Å². The van der Waals surface area contributed by atoms with Crippen LogP contribution < -0.4 is 0 Å². The van der Waals surface area contributed by atoms with Gasteiger partial charge in [0.15, 0.2) is 0 Å². The third kappa shape index (κ3) is 6.51. The van der Waals surface area contributed by atoms with Crippen LogP contribution in [0, 0.1) is 16.7 Å². The molecule has 11 heteroatoms. The normalized spacial score (nSPS) is 36.6. The van der Waals surface area contributed by atoms with Crippen molar-refractivity contribution in [3.8, 4) is 0 Å². The van der Waals surface area contributed by atoms with Gasteiger partial charge in [-0.25, -0.2) is 9.78 Å². The highest BCUT2D eigenvalue weighted by atomic mass is 32.7. The molecule has 0 amide bonds. The van der Waals surface area contributed by atoms with Crippen molar-refractivity contribution < 1.29 is 23.8 Å². The van der Waals surface area contributed by atoms with E-state index in [0.29, 0.717) is 5.75 Å². The SMILES string of the molecule is [B][C@@H]1O[C@H](COOC2C(C(C)(C)CSP=O)[C@H]([B])O[C@@H]2C(C)(C)C)C(N(C)C)C1N(C)C. The van der Waals surface area contributed by atoms with Crippen LogP contribution in [-0.2, 0) is 23.8 Å². The Labute approximate surface area is 202 Å². The minimum atomic E-state index is -0.504. The molecular formula is C21H39B2N2O5PS. The first-order valence-electron chi connectivity index (χ1n) is 11.1. The minimum absolute atomic E-state index is 0.0409. The predicted molar refractivity (Wildman–Crippen MR) is 131 cm³/mol. The highest BCUT2D eigenvalue weighted by Gasteiger charge is 2.54. The van der Waals surface area contributed by atoms with Gasteiger partial charge in [0, 0.05) is 29.7 Å². The minimum Gasteiger partial charge on any atom is -0.381 e. The molecule has 2 fully saturated rings. The van der Waals surface area contributed by atoms with E-state index in [1.807, 2.05) is 28.2 Å². The van der Waals surface area contributed by atoms with Gasteiger partial charge in [0.05, 0.1) is 12.1 Å². The summed E-state index contributed by atoms with van der Waals surface area (Å²) in [4.78, 5) is 16.1. The molecule has 0 spiro atoms. The number of nitrogens with zero attached hydrogens (tertiary/aromatic N) is 2. The summed E-state index contributed by atoms with van der Waals surface area (Å²) < 4.78 is 23.3. The fourth-order valence-corrected chi connectivity index (χ4v) is 6.76. The highest BCUT2D eigenvalue weighted by Crippen LogP contribution is 2.48. The maximum absolute atomic E-state index is 11.1. The lowest BCUT2D eigenvalue weighted by Crippen LogP contribution is -2.52. The van der Waals surface area contributed by atoms with Gasteiger partial charge in [-0.2, -0.15) is 0 Å². The second-order valence-electron chi connectivity index (χ2n) is 11.1. The van der Waals surface area contributed by atoms with Crippen molar-refractivity contribution in [3.05, 3.63) is 0 Å². The van der Waals surface area contributed by atoms with E-state index in [4.69, 9.17) is 34.9 Å². The molecule has 7 nitrogen and oxygen atoms in total. The number of hydrogen-bond acceptors (Lipinski definition) is 8.